The van der Waals surface area contributed by atoms with Crippen LogP contribution in [0.5, 0.6) is 0 Å². The lowest BCUT2D eigenvalue weighted by Gasteiger charge is -2.10. The lowest BCUT2D eigenvalue weighted by Crippen LogP contribution is -2.14. The van der Waals surface area contributed by atoms with Crippen LogP contribution in [0.15, 0.2) is 12.4 Å². The topological polar surface area (TPSA) is 68.5 Å². The van der Waals surface area contributed by atoms with Crippen LogP contribution in [-0.2, 0) is 13.0 Å². The Balaban J connectivity index is 2.02. The summed E-state index contributed by atoms with van der Waals surface area (Å²) in [5.74, 6) is 1.53. The molecular formula is C11H15ClN6. The molecule has 0 aliphatic rings. The molecule has 2 rings (SSSR count). The van der Waals surface area contributed by atoms with Gasteiger partial charge in [0, 0.05) is 24.7 Å². The van der Waals surface area contributed by atoms with Crippen LogP contribution in [0.2, 0.25) is 5.15 Å². The van der Waals surface area contributed by atoms with Gasteiger partial charge < -0.3 is 5.32 Å². The first kappa shape index (κ1) is 12.8. The molecule has 0 saturated heterocycles. The molecular weight excluding hydrogens is 252 g/mol. The zero-order chi connectivity index (χ0) is 13.0. The number of aryl methyl sites for hydroxylation is 1. The monoisotopic (exact) mass is 266 g/mol. The van der Waals surface area contributed by atoms with Gasteiger partial charge in [-0.05, 0) is 6.92 Å². The van der Waals surface area contributed by atoms with Gasteiger partial charge in [-0.3, -0.25) is 4.68 Å². The van der Waals surface area contributed by atoms with Crippen molar-refractivity contribution in [1.29, 1.82) is 0 Å². The summed E-state index contributed by atoms with van der Waals surface area (Å²) in [6.07, 6.45) is 4.23. The summed E-state index contributed by atoms with van der Waals surface area (Å²) >= 11 is 6.06. The van der Waals surface area contributed by atoms with Crippen LogP contribution in [0.1, 0.15) is 18.3 Å². The van der Waals surface area contributed by atoms with Crippen molar-refractivity contribution in [3.63, 3.8) is 0 Å². The van der Waals surface area contributed by atoms with E-state index in [1.165, 1.54) is 0 Å². The maximum Gasteiger partial charge on any atom is 0.137 e. The van der Waals surface area contributed by atoms with Gasteiger partial charge in [0.15, 0.2) is 0 Å². The van der Waals surface area contributed by atoms with Crippen LogP contribution >= 0.6 is 11.6 Å². The number of halogens is 1. The van der Waals surface area contributed by atoms with Gasteiger partial charge >= 0.3 is 0 Å². The largest absolute Gasteiger partial charge is 0.368 e. The summed E-state index contributed by atoms with van der Waals surface area (Å²) < 4.78 is 1.76. The molecule has 96 valence electrons. The van der Waals surface area contributed by atoms with E-state index < -0.39 is 0 Å². The molecule has 0 spiro atoms. The summed E-state index contributed by atoms with van der Waals surface area (Å²) in [4.78, 5) is 8.62. The molecule has 2 heterocycles. The minimum atomic E-state index is 0.505. The Morgan fingerprint density at radius 2 is 2.22 bits per heavy atom. The maximum atomic E-state index is 6.06. The number of aromatic nitrogens is 5. The summed E-state index contributed by atoms with van der Waals surface area (Å²) in [6.45, 7) is 5.34. The molecule has 0 aliphatic heterocycles. The molecule has 0 atom stereocenters. The quantitative estimate of drug-likeness (QED) is 0.835. The first-order valence-electron chi connectivity index (χ1n) is 5.81. The second-order valence-corrected chi connectivity index (χ2v) is 4.21. The molecule has 0 fully saturated rings. The fourth-order valence-corrected chi connectivity index (χ4v) is 1.69. The third-order valence-electron chi connectivity index (χ3n) is 2.55. The SMILES string of the molecule is CCc1nc(Cl)c(C)c(NCCn2ccnn2)n1. The molecule has 0 amide bonds. The van der Waals surface area contributed by atoms with E-state index in [-0.39, 0.29) is 0 Å². The van der Waals surface area contributed by atoms with Crippen LogP contribution in [0.25, 0.3) is 0 Å². The zero-order valence-electron chi connectivity index (χ0n) is 10.4. The minimum Gasteiger partial charge on any atom is -0.368 e. The molecule has 0 aromatic carbocycles. The van der Waals surface area contributed by atoms with Crippen LogP contribution in [0.3, 0.4) is 0 Å². The van der Waals surface area contributed by atoms with Crippen molar-refractivity contribution in [2.24, 2.45) is 0 Å². The van der Waals surface area contributed by atoms with Gasteiger partial charge in [-0.1, -0.05) is 23.7 Å². The highest BCUT2D eigenvalue weighted by atomic mass is 35.5. The Bertz CT molecular complexity index is 511. The van der Waals surface area contributed by atoms with Crippen molar-refractivity contribution in [2.75, 3.05) is 11.9 Å². The summed E-state index contributed by atoms with van der Waals surface area (Å²) in [7, 11) is 0. The Kier molecular flexibility index (Phi) is 4.09. The summed E-state index contributed by atoms with van der Waals surface area (Å²) in [6, 6.07) is 0. The van der Waals surface area contributed by atoms with E-state index in [4.69, 9.17) is 11.6 Å². The minimum absolute atomic E-state index is 0.505. The normalized spacial score (nSPS) is 10.6. The molecule has 6 nitrogen and oxygen atoms in total. The second kappa shape index (κ2) is 5.77. The Labute approximate surface area is 110 Å². The lowest BCUT2D eigenvalue weighted by atomic mass is 10.3. The number of hydrogen-bond acceptors (Lipinski definition) is 5. The van der Waals surface area contributed by atoms with Crippen LogP contribution in [-0.4, -0.2) is 31.5 Å². The van der Waals surface area contributed by atoms with Gasteiger partial charge in [0.2, 0.25) is 0 Å². The predicted molar refractivity (Wildman–Crippen MR) is 69.7 cm³/mol. The first-order valence-corrected chi connectivity index (χ1v) is 6.19. The first-order chi connectivity index (χ1) is 8.70. The van der Waals surface area contributed by atoms with E-state index in [1.807, 2.05) is 20.0 Å². The fourth-order valence-electron chi connectivity index (χ4n) is 1.50. The van der Waals surface area contributed by atoms with E-state index >= 15 is 0 Å². The fraction of sp³-hybridized carbons (Fsp3) is 0.455. The molecule has 0 unspecified atom stereocenters. The maximum absolute atomic E-state index is 6.06. The highest BCUT2D eigenvalue weighted by molar-refractivity contribution is 6.30. The third kappa shape index (κ3) is 2.95. The molecule has 2 aromatic rings. The molecule has 18 heavy (non-hydrogen) atoms. The predicted octanol–water partition coefficient (Wildman–Crippen LogP) is 1.70. The van der Waals surface area contributed by atoms with Crippen molar-refractivity contribution < 1.29 is 0 Å². The molecule has 0 radical (unpaired) electrons. The average molecular weight is 267 g/mol. The number of hydrogen-bond donors (Lipinski definition) is 1. The van der Waals surface area contributed by atoms with Gasteiger partial charge in [-0.15, -0.1) is 5.10 Å². The number of rotatable bonds is 5. The molecule has 0 aliphatic carbocycles. The zero-order valence-corrected chi connectivity index (χ0v) is 11.1. The lowest BCUT2D eigenvalue weighted by molar-refractivity contribution is 0.608. The van der Waals surface area contributed by atoms with Crippen LogP contribution < -0.4 is 5.32 Å². The smallest absolute Gasteiger partial charge is 0.137 e. The molecule has 0 bridgehead atoms. The average Bonchev–Trinajstić information content (AvgIpc) is 2.87. The van der Waals surface area contributed by atoms with Gasteiger partial charge in [-0.2, -0.15) is 0 Å². The van der Waals surface area contributed by atoms with E-state index in [0.29, 0.717) is 11.7 Å². The van der Waals surface area contributed by atoms with Crippen molar-refractivity contribution in [3.05, 3.63) is 28.9 Å². The standard InChI is InChI=1S/C11H15ClN6/c1-3-9-15-10(12)8(2)11(16-9)13-4-6-18-7-5-14-17-18/h5,7H,3-4,6H2,1-2H3,(H,13,15,16). The van der Waals surface area contributed by atoms with Crippen molar-refractivity contribution in [3.8, 4) is 0 Å². The highest BCUT2D eigenvalue weighted by Crippen LogP contribution is 2.19. The summed E-state index contributed by atoms with van der Waals surface area (Å²) in [5.41, 5.74) is 0.868. The van der Waals surface area contributed by atoms with Crippen LogP contribution in [0.4, 0.5) is 5.82 Å². The van der Waals surface area contributed by atoms with Gasteiger partial charge in [0.05, 0.1) is 12.7 Å². The van der Waals surface area contributed by atoms with Gasteiger partial charge in [-0.25, -0.2) is 9.97 Å². The second-order valence-electron chi connectivity index (χ2n) is 3.85. The number of nitrogens with one attached hydrogen (secondary N) is 1. The number of nitrogens with zero attached hydrogens (tertiary/aromatic N) is 5. The van der Waals surface area contributed by atoms with Crippen molar-refractivity contribution in [2.45, 2.75) is 26.8 Å². The van der Waals surface area contributed by atoms with E-state index in [0.717, 1.165) is 30.2 Å². The molecule has 0 saturated carbocycles. The van der Waals surface area contributed by atoms with Crippen LogP contribution in [0, 0.1) is 6.92 Å². The molecule has 2 aromatic heterocycles. The molecule has 7 heteroatoms. The van der Waals surface area contributed by atoms with E-state index in [2.05, 4.69) is 25.6 Å². The Morgan fingerprint density at radius 3 is 2.89 bits per heavy atom. The number of anilines is 1. The van der Waals surface area contributed by atoms with Gasteiger partial charge in [0.25, 0.3) is 0 Å². The van der Waals surface area contributed by atoms with E-state index in [1.54, 1.807) is 10.9 Å². The Morgan fingerprint density at radius 1 is 1.39 bits per heavy atom. The van der Waals surface area contributed by atoms with Crippen molar-refractivity contribution >= 4 is 17.4 Å². The highest BCUT2D eigenvalue weighted by Gasteiger charge is 2.07. The van der Waals surface area contributed by atoms with Crippen molar-refractivity contribution in [1.82, 2.24) is 25.0 Å². The van der Waals surface area contributed by atoms with E-state index in [9.17, 15) is 0 Å². The molecule has 1 N–H and O–H groups in total. The third-order valence-corrected chi connectivity index (χ3v) is 2.92. The van der Waals surface area contributed by atoms with Gasteiger partial charge in [0.1, 0.15) is 16.8 Å². The Hall–Kier alpha value is -1.69. The summed E-state index contributed by atoms with van der Waals surface area (Å²) in [5, 5.41) is 11.4.